The molecule has 23 nitrogen and oxygen atoms in total. The molecule has 7 aromatic rings. The zero-order valence-corrected chi connectivity index (χ0v) is 61.0. The minimum atomic E-state index is -1.83. The van der Waals surface area contributed by atoms with Crippen molar-refractivity contribution in [2.24, 2.45) is 10.8 Å². The fourth-order valence-corrected chi connectivity index (χ4v) is 14.2. The number of H-pyrrole nitrogens is 1. The highest BCUT2D eigenvalue weighted by Crippen LogP contribution is 2.58. The molecule has 4 atom stereocenters. The Kier molecular flexibility index (Phi) is 24.1. The summed E-state index contributed by atoms with van der Waals surface area (Å²) in [7, 11) is 1.37. The number of hydrogen-bond donors (Lipinski definition) is 3. The van der Waals surface area contributed by atoms with Crippen LogP contribution < -0.4 is 45.6 Å². The van der Waals surface area contributed by atoms with Crippen molar-refractivity contribution >= 4 is 44.3 Å². The third-order valence-electron chi connectivity index (χ3n) is 17.8. The van der Waals surface area contributed by atoms with Gasteiger partial charge in [0.2, 0.25) is 5.91 Å². The zero-order valence-electron chi connectivity index (χ0n) is 60.1. The lowest BCUT2D eigenvalue weighted by Crippen LogP contribution is -2.39. The average molecular weight is 1430 g/mol. The number of amides is 2. The summed E-state index contributed by atoms with van der Waals surface area (Å²) in [6.45, 7) is 19.2. The van der Waals surface area contributed by atoms with Crippen LogP contribution in [0.4, 0.5) is 0 Å². The lowest BCUT2D eigenvalue weighted by Gasteiger charge is -2.39. The van der Waals surface area contributed by atoms with Crippen molar-refractivity contribution in [1.82, 2.24) is 24.9 Å². The molecule has 10 rings (SSSR count). The normalized spacial score (nSPS) is 16.3. The Balaban J connectivity index is 0.795. The van der Waals surface area contributed by atoms with Crippen molar-refractivity contribution in [3.05, 3.63) is 217 Å². The van der Waals surface area contributed by atoms with Crippen LogP contribution in [-0.4, -0.2) is 109 Å². The molecule has 0 saturated carbocycles. The molecule has 1 aromatic heterocycles. The first-order chi connectivity index (χ1) is 49.2. The zero-order chi connectivity index (χ0) is 74.0. The SMILES string of the molecule is COc1ccc(C(OC[C@H]2O[C@@H](n3cc(C=CC(=O)NCCCCCCNC(=O)c4ccc5c(c4)C4(OC5=O)c5ccc(OC(=O)C(C)(C)C)cc5Oc5cc(OC(=O)C(C)(C)C)ccc54)c(=O)[nH]c3=O)C[C@@H]2OP(OCCC#N)N(C(C)C)C(C)C)(c2ccccc2)c2ccc(OC)cc2)cc1. The first kappa shape index (κ1) is 75.9. The topological polar surface area (TPSA) is 284 Å². The van der Waals surface area contributed by atoms with Crippen molar-refractivity contribution in [2.75, 3.05) is 40.5 Å². The van der Waals surface area contributed by atoms with Crippen LogP contribution in [0.15, 0.2) is 155 Å². The van der Waals surface area contributed by atoms with Crippen LogP contribution in [0.2, 0.25) is 0 Å². The third kappa shape index (κ3) is 17.1. The lowest BCUT2D eigenvalue weighted by molar-refractivity contribution is -0.143. The summed E-state index contributed by atoms with van der Waals surface area (Å²) in [6.07, 6.45) is 4.12. The van der Waals surface area contributed by atoms with Gasteiger partial charge in [0.05, 0.1) is 68.0 Å². The van der Waals surface area contributed by atoms with E-state index in [4.69, 9.17) is 46.9 Å². The summed E-state index contributed by atoms with van der Waals surface area (Å²) < 4.78 is 66.4. The molecule has 3 aliphatic rings. The second kappa shape index (κ2) is 32.7. The van der Waals surface area contributed by atoms with E-state index in [-0.39, 0.29) is 77.8 Å². The van der Waals surface area contributed by atoms with Crippen LogP contribution in [0.25, 0.3) is 6.08 Å². The summed E-state index contributed by atoms with van der Waals surface area (Å²) in [4.78, 5) is 96.9. The van der Waals surface area contributed by atoms with E-state index >= 15 is 0 Å². The average Bonchev–Trinajstić information content (AvgIpc) is 1.60. The van der Waals surface area contributed by atoms with E-state index in [0.717, 1.165) is 16.7 Å². The minimum absolute atomic E-state index is 0.0135. The Labute approximate surface area is 600 Å². The number of aromatic amines is 1. The van der Waals surface area contributed by atoms with E-state index in [1.807, 2.05) is 107 Å². The number of benzene rings is 6. The van der Waals surface area contributed by atoms with Crippen molar-refractivity contribution in [3.8, 4) is 40.6 Å². The quantitative estimate of drug-likeness (QED) is 0.00980. The second-order valence-electron chi connectivity index (χ2n) is 27.9. The van der Waals surface area contributed by atoms with Gasteiger partial charge in [0, 0.05) is 78.3 Å². The molecule has 2 amide bonds. The van der Waals surface area contributed by atoms with E-state index in [1.54, 1.807) is 98.2 Å². The van der Waals surface area contributed by atoms with Crippen LogP contribution in [0.5, 0.6) is 34.5 Å². The number of fused-ring (bicyclic) bond motifs is 6. The maximum Gasteiger partial charge on any atom is 0.340 e. The maximum atomic E-state index is 13.9. The van der Waals surface area contributed by atoms with Crippen molar-refractivity contribution in [3.63, 3.8) is 0 Å². The molecule has 1 unspecified atom stereocenters. The molecule has 103 heavy (non-hydrogen) atoms. The Morgan fingerprint density at radius 2 is 1.26 bits per heavy atom. The van der Waals surface area contributed by atoms with Crippen molar-refractivity contribution < 1.29 is 70.9 Å². The fourth-order valence-electron chi connectivity index (χ4n) is 12.5. The van der Waals surface area contributed by atoms with Gasteiger partial charge in [-0.3, -0.25) is 33.5 Å². The molecule has 24 heteroatoms. The highest BCUT2D eigenvalue weighted by molar-refractivity contribution is 7.44. The Hall–Kier alpha value is -9.79. The summed E-state index contributed by atoms with van der Waals surface area (Å²) in [5, 5.41) is 15.4. The van der Waals surface area contributed by atoms with Gasteiger partial charge >= 0.3 is 23.6 Å². The molecule has 0 bridgehead atoms. The largest absolute Gasteiger partial charge is 0.497 e. The molecule has 3 N–H and O–H groups in total. The number of hydrogen-bond acceptors (Lipinski definition) is 19. The number of nitrogens with one attached hydrogen (secondary N) is 3. The van der Waals surface area contributed by atoms with Gasteiger partial charge in [-0.15, -0.1) is 0 Å². The van der Waals surface area contributed by atoms with E-state index in [9.17, 15) is 38.8 Å². The molecular formula is C79H89N6O17P. The summed E-state index contributed by atoms with van der Waals surface area (Å²) >= 11 is 0. The van der Waals surface area contributed by atoms with Gasteiger partial charge in [-0.2, -0.15) is 5.26 Å². The third-order valence-corrected chi connectivity index (χ3v) is 19.9. The summed E-state index contributed by atoms with van der Waals surface area (Å²) in [6, 6.07) is 41.4. The van der Waals surface area contributed by atoms with Crippen LogP contribution >= 0.6 is 8.53 Å². The van der Waals surface area contributed by atoms with Crippen LogP contribution in [0.1, 0.15) is 174 Å². The molecule has 542 valence electrons. The first-order valence-corrected chi connectivity index (χ1v) is 35.6. The molecule has 1 fully saturated rings. The summed E-state index contributed by atoms with van der Waals surface area (Å²) in [5.74, 6) is -0.397. The highest BCUT2D eigenvalue weighted by Gasteiger charge is 2.54. The number of esters is 3. The van der Waals surface area contributed by atoms with Gasteiger partial charge in [0.1, 0.15) is 52.4 Å². The molecule has 0 aliphatic carbocycles. The van der Waals surface area contributed by atoms with Gasteiger partial charge in [-0.1, -0.05) is 67.4 Å². The van der Waals surface area contributed by atoms with E-state index < -0.39 is 90.0 Å². The Morgan fingerprint density at radius 1 is 0.709 bits per heavy atom. The predicted molar refractivity (Wildman–Crippen MR) is 386 cm³/mol. The maximum absolute atomic E-state index is 13.9. The van der Waals surface area contributed by atoms with Crippen LogP contribution in [0.3, 0.4) is 0 Å². The molecule has 1 spiro atoms. The number of rotatable bonds is 29. The lowest BCUT2D eigenvalue weighted by atomic mass is 9.77. The molecule has 1 saturated heterocycles. The number of nitriles is 1. The number of aromatic nitrogens is 2. The standard InChI is InChI=1S/C79H89N6O17P/c1-49(2)85(50(3)4)103(96-42-20-39-80)102-66-46-69(100-67(66)48-95-78(53-21-16-15-17-22-53,54-25-29-56(93-11)30-26-54)55-27-31-57(94-12)32-28-55)84-47-52(71(88)83-75(84)92)24-38-68(86)81-40-18-13-14-19-41-82-70(87)51-23-35-60-63(43-51)79(101-72(60)89)61-36-33-58(97-73(90)76(5,6)7)44-64(61)99-65-45-59(34-37-62(65)79)98-74(91)77(8,9)10/h15-17,21-38,43-45,47,49-50,66-67,69H,13-14,18-20,40-42,46,48H2,1-12H3,(H,81,86)(H,82,87)(H,83,88,92)/t66-,67+,69+,103?/m0/s1. The van der Waals surface area contributed by atoms with Crippen LogP contribution in [0, 0.1) is 22.2 Å². The number of carbonyl (C=O) groups excluding carboxylic acids is 5. The van der Waals surface area contributed by atoms with Gasteiger partial charge in [-0.25, -0.2) is 14.3 Å². The van der Waals surface area contributed by atoms with Crippen molar-refractivity contribution in [1.29, 1.82) is 5.26 Å². The molecular weight excluding hydrogens is 1340 g/mol. The highest BCUT2D eigenvalue weighted by atomic mass is 31.2. The van der Waals surface area contributed by atoms with E-state index in [0.29, 0.717) is 67.0 Å². The second-order valence-corrected chi connectivity index (χ2v) is 29.4. The molecule has 0 radical (unpaired) electrons. The smallest absolute Gasteiger partial charge is 0.340 e. The number of nitrogens with zero attached hydrogens (tertiary/aromatic N) is 3. The molecule has 4 heterocycles. The van der Waals surface area contributed by atoms with Crippen molar-refractivity contribution in [2.45, 2.75) is 149 Å². The first-order valence-electron chi connectivity index (χ1n) is 34.5. The van der Waals surface area contributed by atoms with Crippen LogP contribution in [-0.2, 0) is 48.8 Å². The molecule has 3 aliphatic heterocycles. The van der Waals surface area contributed by atoms with Gasteiger partial charge < -0.3 is 57.6 Å². The number of ether oxygens (including phenoxy) is 8. The number of carbonyl (C=O) groups is 5. The Morgan fingerprint density at radius 3 is 1.81 bits per heavy atom. The number of methoxy groups -OCH3 is 2. The number of unbranched alkanes of at least 4 members (excludes halogenated alkanes) is 3. The summed E-state index contributed by atoms with van der Waals surface area (Å²) in [5.41, 5.74) is -1.94. The Bertz CT molecular complexity index is 4290. The molecule has 6 aromatic carbocycles. The van der Waals surface area contributed by atoms with E-state index in [2.05, 4.69) is 26.4 Å². The van der Waals surface area contributed by atoms with Gasteiger partial charge in [0.25, 0.3) is 20.0 Å². The van der Waals surface area contributed by atoms with E-state index in [1.165, 1.54) is 35.0 Å². The minimum Gasteiger partial charge on any atom is -0.497 e. The van der Waals surface area contributed by atoms with Gasteiger partial charge in [-0.05, 0) is 172 Å². The fraction of sp³-hybridized carbons (Fsp3) is 0.392. The predicted octanol–water partition coefficient (Wildman–Crippen LogP) is 13.1. The monoisotopic (exact) mass is 1420 g/mol. The van der Waals surface area contributed by atoms with Gasteiger partial charge in [0.15, 0.2) is 5.60 Å².